The van der Waals surface area contributed by atoms with Gasteiger partial charge in [-0.2, -0.15) is 0 Å². The third kappa shape index (κ3) is 4.25. The van der Waals surface area contributed by atoms with Crippen molar-refractivity contribution in [3.05, 3.63) is 0 Å². The lowest BCUT2D eigenvalue weighted by Crippen LogP contribution is -2.50. The van der Waals surface area contributed by atoms with Gasteiger partial charge in [-0.15, -0.1) is 0 Å². The molecule has 4 heteroatoms. The monoisotopic (exact) mass is 257 g/mol. The first-order chi connectivity index (χ1) is 8.38. The van der Waals surface area contributed by atoms with Gasteiger partial charge in [-0.1, -0.05) is 27.2 Å². The Hall–Kier alpha value is -0.610. The smallest absolute Gasteiger partial charge is 0.320 e. The summed E-state index contributed by atoms with van der Waals surface area (Å²) < 4.78 is 0. The van der Waals surface area contributed by atoms with E-state index in [9.17, 15) is 9.90 Å². The molecule has 1 saturated carbocycles. The van der Waals surface area contributed by atoms with Gasteiger partial charge in [0, 0.05) is 6.54 Å². The number of aliphatic hydroxyl groups is 1. The highest BCUT2D eigenvalue weighted by atomic mass is 16.4. The van der Waals surface area contributed by atoms with E-state index < -0.39 is 17.6 Å². The molecule has 0 heterocycles. The van der Waals surface area contributed by atoms with E-state index in [0.29, 0.717) is 6.54 Å². The molecular weight excluding hydrogens is 230 g/mol. The zero-order valence-corrected chi connectivity index (χ0v) is 11.8. The molecule has 1 fully saturated rings. The van der Waals surface area contributed by atoms with Gasteiger partial charge in [0.1, 0.15) is 6.04 Å². The molecule has 3 N–H and O–H groups in total. The van der Waals surface area contributed by atoms with E-state index in [1.54, 1.807) is 0 Å². The largest absolute Gasteiger partial charge is 0.480 e. The Bertz CT molecular complexity index is 270. The molecule has 1 atom stereocenters. The number of carbonyl (C=O) groups is 1. The second-order valence-corrected chi connectivity index (χ2v) is 6.02. The minimum absolute atomic E-state index is 0.0260. The molecule has 1 unspecified atom stereocenters. The zero-order chi connectivity index (χ0) is 13.8. The van der Waals surface area contributed by atoms with Gasteiger partial charge in [-0.3, -0.25) is 4.79 Å². The van der Waals surface area contributed by atoms with Crippen molar-refractivity contribution in [1.29, 1.82) is 0 Å². The molecular formula is C14H27NO3. The van der Waals surface area contributed by atoms with Crippen molar-refractivity contribution in [3.63, 3.8) is 0 Å². The molecule has 0 bridgehead atoms. The van der Waals surface area contributed by atoms with Crippen LogP contribution in [0, 0.1) is 11.8 Å². The van der Waals surface area contributed by atoms with Gasteiger partial charge in [0.05, 0.1) is 5.60 Å². The van der Waals surface area contributed by atoms with Crippen LogP contribution < -0.4 is 5.32 Å². The van der Waals surface area contributed by atoms with Crippen molar-refractivity contribution >= 4 is 5.97 Å². The van der Waals surface area contributed by atoms with Crippen LogP contribution in [0.3, 0.4) is 0 Å². The van der Waals surface area contributed by atoms with Gasteiger partial charge < -0.3 is 15.5 Å². The summed E-state index contributed by atoms with van der Waals surface area (Å²) in [7, 11) is 0. The fourth-order valence-corrected chi connectivity index (χ4v) is 2.71. The lowest BCUT2D eigenvalue weighted by molar-refractivity contribution is -0.141. The van der Waals surface area contributed by atoms with E-state index in [2.05, 4.69) is 12.2 Å². The molecule has 0 aromatic heterocycles. The van der Waals surface area contributed by atoms with Gasteiger partial charge in [0.15, 0.2) is 0 Å². The summed E-state index contributed by atoms with van der Waals surface area (Å²) in [5.41, 5.74) is -0.714. The molecule has 1 rings (SSSR count). The summed E-state index contributed by atoms with van der Waals surface area (Å²) >= 11 is 0. The third-order valence-electron chi connectivity index (χ3n) is 4.20. The Morgan fingerprint density at radius 1 is 1.39 bits per heavy atom. The summed E-state index contributed by atoms with van der Waals surface area (Å²) in [5.74, 6) is -0.0837. The predicted octanol–water partition coefficient (Wildman–Crippen LogP) is 2.02. The van der Waals surface area contributed by atoms with Crippen LogP contribution in [0.4, 0.5) is 0 Å². The number of hydrogen-bond donors (Lipinski definition) is 3. The van der Waals surface area contributed by atoms with E-state index in [1.807, 2.05) is 13.8 Å². The molecule has 106 valence electrons. The summed E-state index contributed by atoms with van der Waals surface area (Å²) in [5, 5.41) is 22.5. The second kappa shape index (κ2) is 6.53. The van der Waals surface area contributed by atoms with Gasteiger partial charge in [-0.05, 0) is 37.5 Å². The topological polar surface area (TPSA) is 69.6 Å². The first kappa shape index (κ1) is 15.4. The van der Waals surface area contributed by atoms with Crippen LogP contribution in [-0.2, 0) is 4.79 Å². The van der Waals surface area contributed by atoms with Crippen LogP contribution in [0.2, 0.25) is 0 Å². The van der Waals surface area contributed by atoms with Crippen LogP contribution in [0.25, 0.3) is 0 Å². The third-order valence-corrected chi connectivity index (χ3v) is 4.20. The van der Waals surface area contributed by atoms with Crippen molar-refractivity contribution < 1.29 is 15.0 Å². The highest BCUT2D eigenvalue weighted by Crippen LogP contribution is 2.33. The molecule has 18 heavy (non-hydrogen) atoms. The first-order valence-electron chi connectivity index (χ1n) is 7.06. The van der Waals surface area contributed by atoms with Gasteiger partial charge in [0.2, 0.25) is 0 Å². The molecule has 0 saturated heterocycles. The average Bonchev–Trinajstić information content (AvgIpc) is 2.29. The fourth-order valence-electron chi connectivity index (χ4n) is 2.71. The minimum atomic E-state index is -0.837. The van der Waals surface area contributed by atoms with E-state index in [1.165, 1.54) is 6.42 Å². The Morgan fingerprint density at radius 2 is 1.94 bits per heavy atom. The summed E-state index contributed by atoms with van der Waals surface area (Å²) in [6.45, 7) is 6.33. The maximum Gasteiger partial charge on any atom is 0.320 e. The number of carboxylic acid groups (broad SMARTS) is 1. The van der Waals surface area contributed by atoms with E-state index in [4.69, 9.17) is 5.11 Å². The van der Waals surface area contributed by atoms with Crippen molar-refractivity contribution in [3.8, 4) is 0 Å². The van der Waals surface area contributed by atoms with E-state index in [-0.39, 0.29) is 5.92 Å². The average molecular weight is 257 g/mol. The molecule has 0 aliphatic heterocycles. The SMILES string of the molecule is CCC1CCC(O)(CNC(C(=O)O)C(C)C)CC1. The fraction of sp³-hybridized carbons (Fsp3) is 0.929. The quantitative estimate of drug-likeness (QED) is 0.681. The Balaban J connectivity index is 2.44. The van der Waals surface area contributed by atoms with Crippen LogP contribution in [-0.4, -0.2) is 34.4 Å². The number of hydrogen-bond acceptors (Lipinski definition) is 3. The number of rotatable bonds is 6. The van der Waals surface area contributed by atoms with Crippen LogP contribution >= 0.6 is 0 Å². The molecule has 1 aliphatic carbocycles. The van der Waals surface area contributed by atoms with Gasteiger partial charge in [0.25, 0.3) is 0 Å². The number of nitrogens with one attached hydrogen (secondary N) is 1. The standard InChI is InChI=1S/C14H27NO3/c1-4-11-5-7-14(18,8-6-11)9-15-12(10(2)3)13(16)17/h10-12,15,18H,4-9H2,1-3H3,(H,16,17). The second-order valence-electron chi connectivity index (χ2n) is 6.02. The van der Waals surface area contributed by atoms with Crippen molar-refractivity contribution in [2.75, 3.05) is 6.54 Å². The number of carboxylic acids is 1. The molecule has 1 aliphatic rings. The maximum absolute atomic E-state index is 11.1. The van der Waals surface area contributed by atoms with Crippen molar-refractivity contribution in [2.24, 2.45) is 11.8 Å². The molecule has 0 amide bonds. The van der Waals surface area contributed by atoms with Crippen LogP contribution in [0.1, 0.15) is 52.9 Å². The normalized spacial score (nSPS) is 30.4. The van der Waals surface area contributed by atoms with Crippen LogP contribution in [0.15, 0.2) is 0 Å². The molecule has 0 aromatic rings. The van der Waals surface area contributed by atoms with Crippen molar-refractivity contribution in [2.45, 2.75) is 64.5 Å². The maximum atomic E-state index is 11.1. The predicted molar refractivity (Wildman–Crippen MR) is 71.5 cm³/mol. The molecule has 0 spiro atoms. The summed E-state index contributed by atoms with van der Waals surface area (Å²) in [6, 6.07) is -0.571. The van der Waals surface area contributed by atoms with Gasteiger partial charge in [-0.25, -0.2) is 0 Å². The summed E-state index contributed by atoms with van der Waals surface area (Å²) in [4.78, 5) is 11.1. The van der Waals surface area contributed by atoms with E-state index in [0.717, 1.165) is 31.6 Å². The van der Waals surface area contributed by atoms with Gasteiger partial charge >= 0.3 is 5.97 Å². The lowest BCUT2D eigenvalue weighted by atomic mass is 9.77. The molecule has 0 aromatic carbocycles. The van der Waals surface area contributed by atoms with E-state index >= 15 is 0 Å². The first-order valence-corrected chi connectivity index (χ1v) is 7.06. The zero-order valence-electron chi connectivity index (χ0n) is 11.8. The number of aliphatic carboxylic acids is 1. The Kier molecular flexibility index (Phi) is 5.60. The highest BCUT2D eigenvalue weighted by molar-refractivity contribution is 5.73. The minimum Gasteiger partial charge on any atom is -0.480 e. The highest BCUT2D eigenvalue weighted by Gasteiger charge is 2.34. The molecule has 0 radical (unpaired) electrons. The Labute approximate surface area is 110 Å². The van der Waals surface area contributed by atoms with Crippen LogP contribution in [0.5, 0.6) is 0 Å². The Morgan fingerprint density at radius 3 is 2.33 bits per heavy atom. The summed E-state index contributed by atoms with van der Waals surface area (Å²) in [6.07, 6.45) is 4.83. The molecule has 4 nitrogen and oxygen atoms in total. The lowest BCUT2D eigenvalue weighted by Gasteiger charge is -2.37. The van der Waals surface area contributed by atoms with Crippen molar-refractivity contribution in [1.82, 2.24) is 5.32 Å².